The third-order valence-corrected chi connectivity index (χ3v) is 4.32. The molecule has 0 aliphatic carbocycles. The van der Waals surface area contributed by atoms with Gasteiger partial charge in [-0.1, -0.05) is 57.0 Å². The fraction of sp³-hybridized carbons (Fsp3) is 0.292. The van der Waals surface area contributed by atoms with Crippen molar-refractivity contribution in [1.29, 1.82) is 0 Å². The van der Waals surface area contributed by atoms with Crippen LogP contribution in [0.1, 0.15) is 51.5 Å². The maximum Gasteiger partial charge on any atom is 0.335 e. The number of unbranched alkanes of at least 4 members (excludes halogenated alkanes) is 1. The Labute approximate surface area is 176 Å². The highest BCUT2D eigenvalue weighted by Gasteiger charge is 2.17. The first kappa shape index (κ1) is 24.6. The molecule has 1 aromatic carbocycles. The third kappa shape index (κ3) is 8.31. The molecule has 1 aromatic rings. The van der Waals surface area contributed by atoms with E-state index in [2.05, 4.69) is 0 Å². The van der Waals surface area contributed by atoms with Crippen LogP contribution >= 0.6 is 0 Å². The SMILES string of the molecule is CCCCC(C(=Cc1ccccc1)C=C(CCC)C(=O)O)=C(C=CC(=O)O)C(=O)O. The molecule has 0 saturated heterocycles. The molecular formula is C24H28O6. The predicted molar refractivity (Wildman–Crippen MR) is 116 cm³/mol. The molecule has 0 heterocycles. The average Bonchev–Trinajstić information content (AvgIpc) is 2.69. The summed E-state index contributed by atoms with van der Waals surface area (Å²) < 4.78 is 0. The van der Waals surface area contributed by atoms with Crippen LogP contribution in [-0.2, 0) is 14.4 Å². The second-order valence-electron chi connectivity index (χ2n) is 6.71. The van der Waals surface area contributed by atoms with Crippen LogP contribution in [-0.4, -0.2) is 33.2 Å². The first-order valence-corrected chi connectivity index (χ1v) is 9.88. The van der Waals surface area contributed by atoms with Gasteiger partial charge in [-0.15, -0.1) is 0 Å². The molecule has 0 spiro atoms. The molecule has 0 bridgehead atoms. The summed E-state index contributed by atoms with van der Waals surface area (Å²) in [6.45, 7) is 3.82. The van der Waals surface area contributed by atoms with Crippen LogP contribution in [0.25, 0.3) is 6.08 Å². The number of carboxylic acid groups (broad SMARTS) is 3. The van der Waals surface area contributed by atoms with Gasteiger partial charge in [-0.05, 0) is 54.2 Å². The minimum Gasteiger partial charge on any atom is -0.478 e. The lowest BCUT2D eigenvalue weighted by atomic mass is 9.91. The molecule has 0 saturated carbocycles. The lowest BCUT2D eigenvalue weighted by Gasteiger charge is -2.14. The number of benzene rings is 1. The standard InChI is InChI=1S/C24H28O6/c1-3-5-12-20(21(24(29)30)13-14-22(25)26)19(15-17-10-7-6-8-11-17)16-18(9-4-2)23(27)28/h6-8,10-11,13-16H,3-5,9,12H2,1-2H3,(H,25,26)(H,27,28)(H,29,30). The van der Waals surface area contributed by atoms with E-state index in [9.17, 15) is 24.6 Å². The van der Waals surface area contributed by atoms with Gasteiger partial charge in [0.2, 0.25) is 0 Å². The molecule has 160 valence electrons. The highest BCUT2D eigenvalue weighted by atomic mass is 16.4. The number of allylic oxidation sites excluding steroid dienone is 3. The Hall–Kier alpha value is -3.41. The summed E-state index contributed by atoms with van der Waals surface area (Å²) in [6.07, 6.45) is 7.86. The van der Waals surface area contributed by atoms with E-state index in [4.69, 9.17) is 5.11 Å². The monoisotopic (exact) mass is 412 g/mol. The normalized spacial score (nSPS) is 13.3. The van der Waals surface area contributed by atoms with Crippen molar-refractivity contribution in [2.24, 2.45) is 0 Å². The average molecular weight is 412 g/mol. The topological polar surface area (TPSA) is 112 Å². The number of aliphatic carboxylic acids is 3. The maximum atomic E-state index is 12.0. The smallest absolute Gasteiger partial charge is 0.335 e. The minimum atomic E-state index is -1.27. The molecule has 0 unspecified atom stereocenters. The summed E-state index contributed by atoms with van der Waals surface area (Å²) in [5.41, 5.74) is 1.64. The van der Waals surface area contributed by atoms with Crippen molar-refractivity contribution in [3.8, 4) is 0 Å². The Bertz CT molecular complexity index is 872. The Morgan fingerprint density at radius 2 is 1.53 bits per heavy atom. The minimum absolute atomic E-state index is 0.162. The van der Waals surface area contributed by atoms with Crippen molar-refractivity contribution in [2.45, 2.75) is 46.0 Å². The van der Waals surface area contributed by atoms with E-state index >= 15 is 0 Å². The molecule has 6 heteroatoms. The fourth-order valence-electron chi connectivity index (χ4n) is 2.89. The van der Waals surface area contributed by atoms with Gasteiger partial charge in [0.25, 0.3) is 0 Å². The Morgan fingerprint density at radius 3 is 2.03 bits per heavy atom. The number of carboxylic acids is 3. The van der Waals surface area contributed by atoms with E-state index in [1.54, 1.807) is 6.08 Å². The van der Waals surface area contributed by atoms with E-state index in [0.29, 0.717) is 36.8 Å². The number of hydrogen-bond acceptors (Lipinski definition) is 3. The zero-order valence-electron chi connectivity index (χ0n) is 17.3. The summed E-state index contributed by atoms with van der Waals surface area (Å²) in [5, 5.41) is 28.3. The van der Waals surface area contributed by atoms with Gasteiger partial charge >= 0.3 is 17.9 Å². The third-order valence-electron chi connectivity index (χ3n) is 4.32. The molecule has 30 heavy (non-hydrogen) atoms. The Kier molecular flexibility index (Phi) is 10.6. The van der Waals surface area contributed by atoms with Crippen LogP contribution in [0, 0.1) is 0 Å². The summed E-state index contributed by atoms with van der Waals surface area (Å²) in [4.78, 5) is 34.6. The zero-order valence-corrected chi connectivity index (χ0v) is 17.3. The first-order chi connectivity index (χ1) is 14.3. The van der Waals surface area contributed by atoms with Crippen LogP contribution in [0.4, 0.5) is 0 Å². The highest BCUT2D eigenvalue weighted by Crippen LogP contribution is 2.28. The second-order valence-corrected chi connectivity index (χ2v) is 6.71. The van der Waals surface area contributed by atoms with Gasteiger partial charge in [-0.2, -0.15) is 0 Å². The van der Waals surface area contributed by atoms with E-state index in [-0.39, 0.29) is 11.1 Å². The van der Waals surface area contributed by atoms with Crippen LogP contribution in [0.3, 0.4) is 0 Å². The van der Waals surface area contributed by atoms with Gasteiger partial charge in [0, 0.05) is 11.6 Å². The summed E-state index contributed by atoms with van der Waals surface area (Å²) in [7, 11) is 0. The Balaban J connectivity index is 3.82. The highest BCUT2D eigenvalue weighted by molar-refractivity contribution is 5.95. The quantitative estimate of drug-likeness (QED) is 0.325. The molecule has 0 aliphatic rings. The van der Waals surface area contributed by atoms with Gasteiger partial charge in [-0.25, -0.2) is 14.4 Å². The molecule has 0 aromatic heterocycles. The van der Waals surface area contributed by atoms with Crippen molar-refractivity contribution in [3.05, 3.63) is 76.4 Å². The molecule has 0 aliphatic heterocycles. The fourth-order valence-corrected chi connectivity index (χ4v) is 2.89. The molecule has 0 radical (unpaired) electrons. The van der Waals surface area contributed by atoms with Crippen LogP contribution < -0.4 is 0 Å². The van der Waals surface area contributed by atoms with Crippen molar-refractivity contribution in [3.63, 3.8) is 0 Å². The van der Waals surface area contributed by atoms with Gasteiger partial charge in [0.15, 0.2) is 0 Å². The van der Waals surface area contributed by atoms with Gasteiger partial charge in [-0.3, -0.25) is 0 Å². The van der Waals surface area contributed by atoms with Crippen molar-refractivity contribution >= 4 is 24.0 Å². The number of rotatable bonds is 12. The van der Waals surface area contributed by atoms with Gasteiger partial charge < -0.3 is 15.3 Å². The second kappa shape index (κ2) is 12.9. The summed E-state index contributed by atoms with van der Waals surface area (Å²) in [5.74, 6) is -3.59. The molecule has 3 N–H and O–H groups in total. The summed E-state index contributed by atoms with van der Waals surface area (Å²) >= 11 is 0. The number of carbonyl (C=O) groups is 3. The van der Waals surface area contributed by atoms with Crippen molar-refractivity contribution in [2.75, 3.05) is 0 Å². The lowest BCUT2D eigenvalue weighted by molar-refractivity contribution is -0.133. The number of hydrogen-bond donors (Lipinski definition) is 3. The van der Waals surface area contributed by atoms with Crippen LogP contribution in [0.15, 0.2) is 70.9 Å². The van der Waals surface area contributed by atoms with Crippen LogP contribution in [0.5, 0.6) is 0 Å². The lowest BCUT2D eigenvalue weighted by Crippen LogP contribution is -2.07. The van der Waals surface area contributed by atoms with Crippen LogP contribution in [0.2, 0.25) is 0 Å². The van der Waals surface area contributed by atoms with E-state index in [1.807, 2.05) is 44.2 Å². The van der Waals surface area contributed by atoms with Gasteiger partial charge in [0.05, 0.1) is 5.57 Å². The zero-order chi connectivity index (χ0) is 22.5. The predicted octanol–water partition coefficient (Wildman–Crippen LogP) is 5.09. The summed E-state index contributed by atoms with van der Waals surface area (Å²) in [6, 6.07) is 9.17. The Morgan fingerprint density at radius 1 is 0.867 bits per heavy atom. The molecule has 1 rings (SSSR count). The maximum absolute atomic E-state index is 12.0. The first-order valence-electron chi connectivity index (χ1n) is 9.88. The molecular weight excluding hydrogens is 384 g/mol. The molecule has 0 atom stereocenters. The van der Waals surface area contributed by atoms with Crippen molar-refractivity contribution in [1.82, 2.24) is 0 Å². The van der Waals surface area contributed by atoms with Gasteiger partial charge in [0.1, 0.15) is 0 Å². The molecule has 0 fully saturated rings. The van der Waals surface area contributed by atoms with E-state index < -0.39 is 17.9 Å². The molecule has 0 amide bonds. The van der Waals surface area contributed by atoms with E-state index in [1.165, 1.54) is 6.08 Å². The van der Waals surface area contributed by atoms with E-state index in [0.717, 1.165) is 24.1 Å². The molecule has 6 nitrogen and oxygen atoms in total. The largest absolute Gasteiger partial charge is 0.478 e. The van der Waals surface area contributed by atoms with Crippen molar-refractivity contribution < 1.29 is 29.7 Å².